The summed E-state index contributed by atoms with van der Waals surface area (Å²) in [6.07, 6.45) is -2.09. The lowest BCUT2D eigenvalue weighted by molar-refractivity contribution is -0.137. The molecule has 2 aromatic rings. The van der Waals surface area contributed by atoms with Crippen molar-refractivity contribution in [3.05, 3.63) is 65.2 Å². The highest BCUT2D eigenvalue weighted by atomic mass is 32.2. The molecule has 0 unspecified atom stereocenters. The molecular weight excluding hydrogens is 379 g/mol. The van der Waals surface area contributed by atoms with E-state index in [4.69, 9.17) is 0 Å². The Morgan fingerprint density at radius 2 is 1.63 bits per heavy atom. The van der Waals surface area contributed by atoms with Gasteiger partial charge < -0.3 is 4.90 Å². The number of hydrogen-bond acceptors (Lipinski definition) is 4. The van der Waals surface area contributed by atoms with Gasteiger partial charge in [0.25, 0.3) is 0 Å². The Balaban J connectivity index is 1.62. The summed E-state index contributed by atoms with van der Waals surface area (Å²) < 4.78 is 64.0. The van der Waals surface area contributed by atoms with E-state index in [9.17, 15) is 21.6 Å². The van der Waals surface area contributed by atoms with Gasteiger partial charge in [0.05, 0.1) is 5.56 Å². The second kappa shape index (κ2) is 7.69. The van der Waals surface area contributed by atoms with Crippen LogP contribution in [0.3, 0.4) is 0 Å². The quantitative estimate of drug-likeness (QED) is 0.795. The maximum Gasteiger partial charge on any atom is 0.417 e. The molecule has 0 N–H and O–H groups in total. The molecule has 3 rings (SSSR count). The van der Waals surface area contributed by atoms with E-state index in [2.05, 4.69) is 4.98 Å². The second-order valence-corrected chi connectivity index (χ2v) is 7.87. The molecule has 1 fully saturated rings. The van der Waals surface area contributed by atoms with Gasteiger partial charge in [0, 0.05) is 37.8 Å². The zero-order valence-electron chi connectivity index (χ0n) is 14.3. The van der Waals surface area contributed by atoms with Gasteiger partial charge >= 0.3 is 6.18 Å². The lowest BCUT2D eigenvalue weighted by Gasteiger charge is -2.34. The number of rotatable bonds is 4. The Morgan fingerprint density at radius 1 is 0.963 bits per heavy atom. The first-order valence-corrected chi connectivity index (χ1v) is 9.77. The molecule has 0 radical (unpaired) electrons. The second-order valence-electron chi connectivity index (χ2n) is 6.05. The Morgan fingerprint density at radius 3 is 2.19 bits per heavy atom. The molecule has 9 heteroatoms. The smallest absolute Gasteiger partial charge is 0.354 e. The van der Waals surface area contributed by atoms with Crippen molar-refractivity contribution in [1.29, 1.82) is 0 Å². The molecule has 0 bridgehead atoms. The third kappa shape index (κ3) is 4.86. The third-order valence-corrected chi connectivity index (χ3v) is 5.79. The molecule has 0 spiro atoms. The first-order valence-electron chi connectivity index (χ1n) is 8.27. The van der Waals surface area contributed by atoms with Crippen LogP contribution in [0.4, 0.5) is 19.0 Å². The molecule has 27 heavy (non-hydrogen) atoms. The minimum Gasteiger partial charge on any atom is -0.354 e. The van der Waals surface area contributed by atoms with Crippen LogP contribution in [0.25, 0.3) is 6.08 Å². The van der Waals surface area contributed by atoms with Gasteiger partial charge in [0.15, 0.2) is 0 Å². The van der Waals surface area contributed by atoms with Gasteiger partial charge in [0.1, 0.15) is 5.82 Å². The van der Waals surface area contributed by atoms with Crippen molar-refractivity contribution in [3.8, 4) is 0 Å². The number of halogens is 3. The van der Waals surface area contributed by atoms with E-state index in [1.807, 2.05) is 18.2 Å². The Bertz CT molecular complexity index is 890. The molecule has 1 aliphatic rings. The standard InChI is InChI=1S/C18H18F3N3O2S/c19-18(20,21)16-6-7-17(22-14-16)23-9-11-24(12-10-23)27(25,26)13-8-15-4-2-1-3-5-15/h1-8,13-14H,9-12H2/b13-8+. The molecular formula is C18H18F3N3O2S. The number of hydrogen-bond donors (Lipinski definition) is 0. The first kappa shape index (κ1) is 19.4. The van der Waals surface area contributed by atoms with Crippen LogP contribution in [0, 0.1) is 0 Å². The number of alkyl halides is 3. The van der Waals surface area contributed by atoms with Crippen LogP contribution in [0.2, 0.25) is 0 Å². The first-order chi connectivity index (χ1) is 12.8. The Labute approximate surface area is 155 Å². The van der Waals surface area contributed by atoms with E-state index in [-0.39, 0.29) is 13.1 Å². The molecule has 0 aliphatic carbocycles. The maximum atomic E-state index is 12.6. The minimum atomic E-state index is -4.43. The number of aromatic nitrogens is 1. The molecule has 1 saturated heterocycles. The van der Waals surface area contributed by atoms with Crippen molar-refractivity contribution in [3.63, 3.8) is 0 Å². The Hall–Kier alpha value is -2.39. The van der Waals surface area contributed by atoms with Gasteiger partial charge in [-0.1, -0.05) is 30.3 Å². The number of sulfonamides is 1. The highest BCUT2D eigenvalue weighted by Crippen LogP contribution is 2.29. The van der Waals surface area contributed by atoms with Crippen LogP contribution < -0.4 is 4.90 Å². The molecule has 1 aromatic heterocycles. The largest absolute Gasteiger partial charge is 0.417 e. The summed E-state index contributed by atoms with van der Waals surface area (Å²) in [6.45, 7) is 1.20. The van der Waals surface area contributed by atoms with Crippen molar-refractivity contribution >= 4 is 21.9 Å². The van der Waals surface area contributed by atoms with Crippen LogP contribution in [0.1, 0.15) is 11.1 Å². The molecule has 0 amide bonds. The molecule has 1 aromatic carbocycles. The Kier molecular flexibility index (Phi) is 5.52. The van der Waals surface area contributed by atoms with E-state index in [0.29, 0.717) is 18.9 Å². The van der Waals surface area contributed by atoms with Crippen molar-refractivity contribution in [2.75, 3.05) is 31.1 Å². The monoisotopic (exact) mass is 397 g/mol. The average molecular weight is 397 g/mol. The number of nitrogens with zero attached hydrogens (tertiary/aromatic N) is 3. The number of piperazine rings is 1. The predicted octanol–water partition coefficient (Wildman–Crippen LogP) is 3.22. The topological polar surface area (TPSA) is 53.5 Å². The fourth-order valence-corrected chi connectivity index (χ4v) is 3.90. The van der Waals surface area contributed by atoms with Crippen LogP contribution in [0.5, 0.6) is 0 Å². The van der Waals surface area contributed by atoms with E-state index < -0.39 is 21.8 Å². The maximum absolute atomic E-state index is 12.6. The molecule has 0 saturated carbocycles. The van der Waals surface area contributed by atoms with Crippen molar-refractivity contribution in [1.82, 2.24) is 9.29 Å². The van der Waals surface area contributed by atoms with E-state index in [0.717, 1.165) is 17.8 Å². The summed E-state index contributed by atoms with van der Waals surface area (Å²) in [4.78, 5) is 5.63. The van der Waals surface area contributed by atoms with Gasteiger partial charge in [-0.15, -0.1) is 0 Å². The van der Waals surface area contributed by atoms with E-state index >= 15 is 0 Å². The van der Waals surface area contributed by atoms with Crippen molar-refractivity contribution in [2.24, 2.45) is 0 Å². The summed E-state index contributed by atoms with van der Waals surface area (Å²) in [6, 6.07) is 11.4. The minimum absolute atomic E-state index is 0.240. The highest BCUT2D eigenvalue weighted by Gasteiger charge is 2.31. The van der Waals surface area contributed by atoms with E-state index in [1.165, 1.54) is 15.8 Å². The van der Waals surface area contributed by atoms with Crippen LogP contribution in [0.15, 0.2) is 54.1 Å². The third-order valence-electron chi connectivity index (χ3n) is 4.23. The van der Waals surface area contributed by atoms with E-state index in [1.54, 1.807) is 23.1 Å². The number of benzene rings is 1. The predicted molar refractivity (Wildman–Crippen MR) is 97.4 cm³/mol. The zero-order valence-corrected chi connectivity index (χ0v) is 15.1. The average Bonchev–Trinajstić information content (AvgIpc) is 2.67. The molecule has 2 heterocycles. The normalized spacial score (nSPS) is 16.8. The molecule has 0 atom stereocenters. The molecule has 5 nitrogen and oxygen atoms in total. The van der Waals surface area contributed by atoms with Crippen LogP contribution >= 0.6 is 0 Å². The SMILES string of the molecule is O=S(=O)(/C=C/c1ccccc1)N1CCN(c2ccc(C(F)(F)F)cn2)CC1. The lowest BCUT2D eigenvalue weighted by Crippen LogP contribution is -2.48. The van der Waals surface area contributed by atoms with Gasteiger partial charge in [-0.25, -0.2) is 13.4 Å². The number of anilines is 1. The van der Waals surface area contributed by atoms with Gasteiger partial charge in [0.2, 0.25) is 10.0 Å². The molecule has 1 aliphatic heterocycles. The summed E-state index contributed by atoms with van der Waals surface area (Å²) in [5.41, 5.74) is -0.0211. The zero-order chi connectivity index (χ0) is 19.5. The van der Waals surface area contributed by atoms with Crippen LogP contribution in [-0.2, 0) is 16.2 Å². The summed E-state index contributed by atoms with van der Waals surface area (Å²) >= 11 is 0. The summed E-state index contributed by atoms with van der Waals surface area (Å²) in [5, 5.41) is 1.17. The fraction of sp³-hybridized carbons (Fsp3) is 0.278. The van der Waals surface area contributed by atoms with Gasteiger partial charge in [-0.3, -0.25) is 0 Å². The number of pyridine rings is 1. The summed E-state index contributed by atoms with van der Waals surface area (Å²) in [7, 11) is -3.56. The van der Waals surface area contributed by atoms with Gasteiger partial charge in [-0.05, 0) is 23.8 Å². The van der Waals surface area contributed by atoms with Crippen molar-refractivity contribution in [2.45, 2.75) is 6.18 Å². The highest BCUT2D eigenvalue weighted by molar-refractivity contribution is 7.92. The fourth-order valence-electron chi connectivity index (χ4n) is 2.73. The van der Waals surface area contributed by atoms with Crippen LogP contribution in [-0.4, -0.2) is 43.9 Å². The summed E-state index contributed by atoms with van der Waals surface area (Å²) in [5.74, 6) is 0.403. The molecule has 144 valence electrons. The lowest BCUT2D eigenvalue weighted by atomic mass is 10.2. The van der Waals surface area contributed by atoms with Crippen molar-refractivity contribution < 1.29 is 21.6 Å². The van der Waals surface area contributed by atoms with Gasteiger partial charge in [-0.2, -0.15) is 17.5 Å².